The van der Waals surface area contributed by atoms with Crippen molar-refractivity contribution in [1.82, 2.24) is 4.98 Å². The molecule has 0 aliphatic heterocycles. The molecule has 1 aromatic heterocycles. The summed E-state index contributed by atoms with van der Waals surface area (Å²) >= 11 is 1.90. The van der Waals surface area contributed by atoms with Gasteiger partial charge in [0, 0.05) is 17.0 Å². The Hall–Kier alpha value is -0.370. The molecule has 0 spiro atoms. The maximum absolute atomic E-state index is 4.49. The molecule has 80 valence electrons. The number of nitrogens with zero attached hydrogens (tertiary/aromatic N) is 1. The third-order valence-electron chi connectivity index (χ3n) is 2.57. The number of hydrogen-bond donors (Lipinski definition) is 0. The molecule has 0 bridgehead atoms. The van der Waals surface area contributed by atoms with Crippen LogP contribution in [0.5, 0.6) is 0 Å². The molecule has 1 atom stereocenters. The lowest BCUT2D eigenvalue weighted by Crippen LogP contribution is -1.92. The Morgan fingerprint density at radius 1 is 1.36 bits per heavy atom. The molecule has 0 N–H and O–H groups in total. The minimum Gasteiger partial charge on any atom is -0.249 e. The van der Waals surface area contributed by atoms with Crippen LogP contribution in [-0.4, -0.2) is 4.98 Å². The molecule has 14 heavy (non-hydrogen) atoms. The molecule has 0 fully saturated rings. The van der Waals surface area contributed by atoms with Gasteiger partial charge >= 0.3 is 0 Å². The van der Waals surface area contributed by atoms with E-state index >= 15 is 0 Å². The first kappa shape index (κ1) is 11.7. The van der Waals surface area contributed by atoms with E-state index in [9.17, 15) is 0 Å². The summed E-state index contributed by atoms with van der Waals surface area (Å²) in [5.74, 6) is 1.32. The number of hydrogen-bond acceptors (Lipinski definition) is 2. The second kappa shape index (κ2) is 5.50. The molecule has 0 saturated heterocycles. The average Bonchev–Trinajstić information content (AvgIpc) is 2.63. The Balaban J connectivity index is 2.73. The van der Waals surface area contributed by atoms with E-state index < -0.39 is 0 Å². The van der Waals surface area contributed by atoms with Gasteiger partial charge in [0.2, 0.25) is 0 Å². The summed E-state index contributed by atoms with van der Waals surface area (Å²) in [4.78, 5) is 5.97. The van der Waals surface area contributed by atoms with Crippen LogP contribution in [0.15, 0.2) is 6.20 Å². The zero-order valence-electron chi connectivity index (χ0n) is 9.71. The largest absolute Gasteiger partial charge is 0.249 e. The van der Waals surface area contributed by atoms with Crippen molar-refractivity contribution in [2.24, 2.45) is 0 Å². The van der Waals surface area contributed by atoms with Crippen LogP contribution < -0.4 is 0 Å². The van der Waals surface area contributed by atoms with Crippen LogP contribution in [0.1, 0.15) is 68.7 Å². The Bertz CT molecular complexity index is 265. The number of rotatable bonds is 5. The maximum Gasteiger partial charge on any atom is 0.0953 e. The normalized spacial score (nSPS) is 13.5. The summed E-state index contributed by atoms with van der Waals surface area (Å²) in [6.45, 7) is 8.95. The zero-order valence-corrected chi connectivity index (χ0v) is 10.5. The van der Waals surface area contributed by atoms with Crippen LogP contribution in [0.25, 0.3) is 0 Å². The summed E-state index contributed by atoms with van der Waals surface area (Å²) in [6, 6.07) is 0. The highest BCUT2D eigenvalue weighted by Crippen LogP contribution is 2.31. The second-order valence-electron chi connectivity index (χ2n) is 4.15. The molecule has 0 amide bonds. The number of aromatic nitrogens is 1. The Morgan fingerprint density at radius 2 is 2.07 bits per heavy atom. The van der Waals surface area contributed by atoms with Gasteiger partial charge in [-0.25, -0.2) is 4.98 Å². The predicted molar refractivity (Wildman–Crippen MR) is 64.1 cm³/mol. The number of thiazole rings is 1. The summed E-state index contributed by atoms with van der Waals surface area (Å²) in [7, 11) is 0. The van der Waals surface area contributed by atoms with Crippen molar-refractivity contribution in [3.63, 3.8) is 0 Å². The van der Waals surface area contributed by atoms with Crippen molar-refractivity contribution in [1.29, 1.82) is 0 Å². The van der Waals surface area contributed by atoms with Crippen molar-refractivity contribution in [2.45, 2.75) is 58.8 Å². The lowest BCUT2D eigenvalue weighted by atomic mass is 10.00. The summed E-state index contributed by atoms with van der Waals surface area (Å²) in [5.41, 5.74) is 0. The third-order valence-corrected chi connectivity index (χ3v) is 4.03. The standard InChI is InChI=1S/C12H21NS/c1-5-7-10(6-2)11-8-13-12(14-11)9(3)4/h8-10H,5-7H2,1-4H3. The molecule has 0 aliphatic carbocycles. The fourth-order valence-corrected chi connectivity index (χ4v) is 2.79. The van der Waals surface area contributed by atoms with E-state index in [-0.39, 0.29) is 0 Å². The van der Waals surface area contributed by atoms with Crippen molar-refractivity contribution in [3.8, 4) is 0 Å². The van der Waals surface area contributed by atoms with Gasteiger partial charge in [-0.3, -0.25) is 0 Å². The van der Waals surface area contributed by atoms with Gasteiger partial charge in [0.1, 0.15) is 0 Å². The van der Waals surface area contributed by atoms with Crippen molar-refractivity contribution in [2.75, 3.05) is 0 Å². The average molecular weight is 211 g/mol. The van der Waals surface area contributed by atoms with Gasteiger partial charge < -0.3 is 0 Å². The molecule has 1 aromatic rings. The maximum atomic E-state index is 4.49. The summed E-state index contributed by atoms with van der Waals surface area (Å²) in [6.07, 6.45) is 5.90. The fraction of sp³-hybridized carbons (Fsp3) is 0.750. The minimum atomic E-state index is 0.577. The predicted octanol–water partition coefficient (Wildman–Crippen LogP) is 4.56. The van der Waals surface area contributed by atoms with Crippen LogP contribution >= 0.6 is 11.3 Å². The summed E-state index contributed by atoms with van der Waals surface area (Å²) < 4.78 is 0. The summed E-state index contributed by atoms with van der Waals surface area (Å²) in [5, 5.41) is 1.29. The minimum absolute atomic E-state index is 0.577. The molecule has 0 aromatic carbocycles. The molecule has 1 heterocycles. The first-order valence-corrected chi connectivity index (χ1v) is 6.46. The third kappa shape index (κ3) is 2.81. The topological polar surface area (TPSA) is 12.9 Å². The first-order valence-electron chi connectivity index (χ1n) is 5.64. The van der Waals surface area contributed by atoms with E-state index in [0.29, 0.717) is 5.92 Å². The van der Waals surface area contributed by atoms with E-state index in [1.807, 2.05) is 11.3 Å². The van der Waals surface area contributed by atoms with E-state index in [1.54, 1.807) is 0 Å². The quantitative estimate of drug-likeness (QED) is 0.695. The second-order valence-corrected chi connectivity index (χ2v) is 5.24. The highest BCUT2D eigenvalue weighted by Gasteiger charge is 2.13. The van der Waals surface area contributed by atoms with Crippen LogP contribution in [0.2, 0.25) is 0 Å². The van der Waals surface area contributed by atoms with Crippen molar-refractivity contribution >= 4 is 11.3 Å². The van der Waals surface area contributed by atoms with Crippen molar-refractivity contribution < 1.29 is 0 Å². The van der Waals surface area contributed by atoms with Gasteiger partial charge in [-0.15, -0.1) is 11.3 Å². The highest BCUT2D eigenvalue weighted by molar-refractivity contribution is 7.11. The molecule has 0 radical (unpaired) electrons. The van der Waals surface area contributed by atoms with Gasteiger partial charge in [-0.2, -0.15) is 0 Å². The van der Waals surface area contributed by atoms with Crippen LogP contribution in [0.3, 0.4) is 0 Å². The van der Waals surface area contributed by atoms with Gasteiger partial charge in [0.15, 0.2) is 0 Å². The lowest BCUT2D eigenvalue weighted by Gasteiger charge is -2.10. The lowest BCUT2D eigenvalue weighted by molar-refractivity contribution is 0.604. The van der Waals surface area contributed by atoms with Crippen LogP contribution in [-0.2, 0) is 0 Å². The first-order chi connectivity index (χ1) is 6.69. The molecule has 1 nitrogen and oxygen atoms in total. The SMILES string of the molecule is CCCC(CC)c1cnc(C(C)C)s1. The van der Waals surface area contributed by atoms with E-state index in [2.05, 4.69) is 38.9 Å². The Kier molecular flexibility index (Phi) is 4.59. The zero-order chi connectivity index (χ0) is 10.6. The molecule has 2 heteroatoms. The van der Waals surface area contributed by atoms with Gasteiger partial charge in [-0.1, -0.05) is 34.1 Å². The van der Waals surface area contributed by atoms with E-state index in [4.69, 9.17) is 0 Å². The van der Waals surface area contributed by atoms with Crippen LogP contribution in [0, 0.1) is 0 Å². The Morgan fingerprint density at radius 3 is 2.50 bits per heavy atom. The molecule has 1 rings (SSSR count). The smallest absolute Gasteiger partial charge is 0.0953 e. The molecular weight excluding hydrogens is 190 g/mol. The molecular formula is C12H21NS. The molecule has 1 unspecified atom stereocenters. The Labute approximate surface area is 91.6 Å². The fourth-order valence-electron chi connectivity index (χ4n) is 1.65. The molecule has 0 aliphatic rings. The highest BCUT2D eigenvalue weighted by atomic mass is 32.1. The van der Waals surface area contributed by atoms with Gasteiger partial charge in [0.05, 0.1) is 5.01 Å². The van der Waals surface area contributed by atoms with E-state index in [0.717, 1.165) is 5.92 Å². The van der Waals surface area contributed by atoms with Crippen LogP contribution in [0.4, 0.5) is 0 Å². The van der Waals surface area contributed by atoms with Gasteiger partial charge in [-0.05, 0) is 18.8 Å². The van der Waals surface area contributed by atoms with Crippen molar-refractivity contribution in [3.05, 3.63) is 16.1 Å². The molecule has 0 saturated carbocycles. The monoisotopic (exact) mass is 211 g/mol. The van der Waals surface area contributed by atoms with E-state index in [1.165, 1.54) is 29.1 Å². The van der Waals surface area contributed by atoms with Gasteiger partial charge in [0.25, 0.3) is 0 Å².